The van der Waals surface area contributed by atoms with Crippen molar-refractivity contribution in [2.45, 2.75) is 18.5 Å². The number of carbonyl (C=O) groups is 3. The number of aliphatic carboxylic acids is 1. The summed E-state index contributed by atoms with van der Waals surface area (Å²) >= 11 is 1.47. The van der Waals surface area contributed by atoms with Gasteiger partial charge in [0.1, 0.15) is 11.7 Å². The Kier molecular flexibility index (Phi) is 3.34. The van der Waals surface area contributed by atoms with Crippen molar-refractivity contribution in [2.75, 3.05) is 0 Å². The molecule has 2 atom stereocenters. The number of thiophene rings is 1. The number of nitrogens with zero attached hydrogens (tertiary/aromatic N) is 1. The molecular formula is C14H12N2O4S. The third kappa shape index (κ3) is 2.36. The van der Waals surface area contributed by atoms with E-state index in [2.05, 4.69) is 5.32 Å². The highest BCUT2D eigenvalue weighted by molar-refractivity contribution is 7.10. The lowest BCUT2D eigenvalue weighted by Gasteiger charge is -2.46. The van der Waals surface area contributed by atoms with E-state index in [1.165, 1.54) is 22.3 Å². The summed E-state index contributed by atoms with van der Waals surface area (Å²) in [7, 11) is 0. The van der Waals surface area contributed by atoms with Crippen LogP contribution in [0.25, 0.3) is 0 Å². The maximum absolute atomic E-state index is 12.0. The first-order valence-corrected chi connectivity index (χ1v) is 7.22. The molecule has 0 radical (unpaired) electrons. The molecule has 2 N–H and O–H groups in total. The molecule has 3 rings (SSSR count). The largest absolute Gasteiger partial charge is 0.477 e. The number of nitrogens with one attached hydrogen (secondary N) is 1. The van der Waals surface area contributed by atoms with Crippen molar-refractivity contribution in [1.29, 1.82) is 0 Å². The Balaban J connectivity index is 1.65. The van der Waals surface area contributed by atoms with Crippen molar-refractivity contribution >= 4 is 29.1 Å². The Morgan fingerprint density at radius 1 is 1.43 bits per heavy atom. The molecule has 1 fully saturated rings. The second kappa shape index (κ2) is 5.17. The van der Waals surface area contributed by atoms with Gasteiger partial charge in [-0.05, 0) is 17.5 Å². The van der Waals surface area contributed by atoms with E-state index in [0.29, 0.717) is 0 Å². The third-order valence-electron chi connectivity index (χ3n) is 3.42. The van der Waals surface area contributed by atoms with Gasteiger partial charge >= 0.3 is 5.97 Å². The van der Waals surface area contributed by atoms with Gasteiger partial charge in [-0.25, -0.2) is 4.79 Å². The maximum Gasteiger partial charge on any atom is 0.352 e. The lowest BCUT2D eigenvalue weighted by molar-refractivity contribution is -0.152. The van der Waals surface area contributed by atoms with Crippen molar-refractivity contribution in [3.05, 3.63) is 46.3 Å². The summed E-state index contributed by atoms with van der Waals surface area (Å²) in [5.74, 6) is -1.78. The van der Waals surface area contributed by atoms with E-state index < -0.39 is 24.0 Å². The average Bonchev–Trinajstić information content (AvgIpc) is 2.96. The molecule has 1 aromatic rings. The quantitative estimate of drug-likeness (QED) is 0.794. The monoisotopic (exact) mass is 304 g/mol. The molecule has 1 saturated heterocycles. The molecule has 0 bridgehead atoms. The van der Waals surface area contributed by atoms with Gasteiger partial charge in [0.2, 0.25) is 5.91 Å². The zero-order valence-corrected chi connectivity index (χ0v) is 11.7. The number of amides is 2. The number of rotatable bonds is 4. The fraction of sp³-hybridized carbons (Fsp3) is 0.214. The predicted octanol–water partition coefficient (Wildman–Crippen LogP) is 0.524. The summed E-state index contributed by atoms with van der Waals surface area (Å²) in [6.07, 6.45) is 4.90. The average molecular weight is 304 g/mol. The zero-order chi connectivity index (χ0) is 15.0. The van der Waals surface area contributed by atoms with Crippen LogP contribution in [0.1, 0.15) is 4.88 Å². The number of allylic oxidation sites excluding steroid dienone is 2. The number of carboxylic acid groups (broad SMARTS) is 1. The molecule has 0 unspecified atom stereocenters. The minimum absolute atomic E-state index is 0.0590. The van der Waals surface area contributed by atoms with Crippen LogP contribution in [0, 0.1) is 0 Å². The zero-order valence-electron chi connectivity index (χ0n) is 10.9. The van der Waals surface area contributed by atoms with Crippen molar-refractivity contribution in [3.8, 4) is 0 Å². The first-order chi connectivity index (χ1) is 10.1. The summed E-state index contributed by atoms with van der Waals surface area (Å²) in [4.78, 5) is 37.1. The van der Waals surface area contributed by atoms with E-state index in [4.69, 9.17) is 5.11 Å². The van der Waals surface area contributed by atoms with Crippen LogP contribution in [-0.4, -0.2) is 39.9 Å². The van der Waals surface area contributed by atoms with Crippen molar-refractivity contribution in [1.82, 2.24) is 10.2 Å². The molecule has 0 spiro atoms. The van der Waals surface area contributed by atoms with Gasteiger partial charge in [-0.15, -0.1) is 11.3 Å². The fourth-order valence-electron chi connectivity index (χ4n) is 2.44. The summed E-state index contributed by atoms with van der Waals surface area (Å²) in [5, 5.41) is 13.6. The topological polar surface area (TPSA) is 86.7 Å². The van der Waals surface area contributed by atoms with Gasteiger partial charge in [-0.3, -0.25) is 14.5 Å². The highest BCUT2D eigenvalue weighted by Crippen LogP contribution is 2.29. The summed E-state index contributed by atoms with van der Waals surface area (Å²) in [6.45, 7) is 0. The number of hydrogen-bond acceptors (Lipinski definition) is 4. The van der Waals surface area contributed by atoms with Gasteiger partial charge in [0.05, 0.1) is 12.5 Å². The van der Waals surface area contributed by atoms with Crippen LogP contribution in [0.5, 0.6) is 0 Å². The maximum atomic E-state index is 12.0. The van der Waals surface area contributed by atoms with E-state index in [1.54, 1.807) is 12.2 Å². The van der Waals surface area contributed by atoms with Gasteiger partial charge in [0.15, 0.2) is 0 Å². The van der Waals surface area contributed by atoms with Gasteiger partial charge in [-0.2, -0.15) is 0 Å². The molecule has 1 aromatic heterocycles. The Morgan fingerprint density at radius 3 is 2.90 bits per heavy atom. The predicted molar refractivity (Wildman–Crippen MR) is 75.4 cm³/mol. The molecule has 2 aliphatic heterocycles. The van der Waals surface area contributed by atoms with Crippen LogP contribution in [-0.2, 0) is 20.8 Å². The highest BCUT2D eigenvalue weighted by atomic mass is 32.1. The molecular weight excluding hydrogens is 292 g/mol. The fourth-order valence-corrected chi connectivity index (χ4v) is 3.15. The second-order valence-electron chi connectivity index (χ2n) is 4.74. The van der Waals surface area contributed by atoms with Crippen LogP contribution >= 0.6 is 11.3 Å². The molecule has 21 heavy (non-hydrogen) atoms. The molecule has 7 heteroatoms. The first kappa shape index (κ1) is 13.6. The SMILES string of the molecule is O=C(Cc1cccs1)N[C@@H]1C(=O)N2C(C(=O)O)=CC=C[C@@H]12. The van der Waals surface area contributed by atoms with E-state index >= 15 is 0 Å². The molecule has 6 nitrogen and oxygen atoms in total. The highest BCUT2D eigenvalue weighted by Gasteiger charge is 2.50. The Morgan fingerprint density at radius 2 is 2.24 bits per heavy atom. The van der Waals surface area contributed by atoms with E-state index in [9.17, 15) is 14.4 Å². The standard InChI is InChI=1S/C14H12N2O4S/c17-11(7-8-3-2-6-21-8)15-12-9-4-1-5-10(14(19)20)16(9)13(12)18/h1-6,9,12H,7H2,(H,15,17)(H,19,20)/t9-,12-/m0/s1. The van der Waals surface area contributed by atoms with Crippen molar-refractivity contribution in [2.24, 2.45) is 0 Å². The molecule has 0 saturated carbocycles. The Labute approximate surface area is 124 Å². The summed E-state index contributed by atoms with van der Waals surface area (Å²) < 4.78 is 0. The molecule has 3 heterocycles. The van der Waals surface area contributed by atoms with Crippen molar-refractivity contribution in [3.63, 3.8) is 0 Å². The number of β-lactam (4-membered cyclic amide) rings is 1. The van der Waals surface area contributed by atoms with E-state index in [0.717, 1.165) is 4.88 Å². The third-order valence-corrected chi connectivity index (χ3v) is 4.29. The van der Waals surface area contributed by atoms with Crippen LogP contribution in [0.2, 0.25) is 0 Å². The molecule has 0 aromatic carbocycles. The van der Waals surface area contributed by atoms with Crippen LogP contribution in [0.15, 0.2) is 41.4 Å². The summed E-state index contributed by atoms with van der Waals surface area (Å²) in [5.41, 5.74) is -0.0590. The first-order valence-electron chi connectivity index (χ1n) is 6.34. The lowest BCUT2D eigenvalue weighted by Crippen LogP contribution is -2.70. The van der Waals surface area contributed by atoms with Gasteiger partial charge < -0.3 is 10.4 Å². The smallest absolute Gasteiger partial charge is 0.352 e. The van der Waals surface area contributed by atoms with Gasteiger partial charge in [0, 0.05) is 4.88 Å². The van der Waals surface area contributed by atoms with Gasteiger partial charge in [-0.1, -0.05) is 18.2 Å². The van der Waals surface area contributed by atoms with Crippen LogP contribution in [0.3, 0.4) is 0 Å². The van der Waals surface area contributed by atoms with Crippen LogP contribution < -0.4 is 5.32 Å². The minimum atomic E-state index is -1.15. The number of hydrogen-bond donors (Lipinski definition) is 2. The number of fused-ring (bicyclic) bond motifs is 1. The molecule has 108 valence electrons. The Bertz CT molecular complexity index is 663. The Hall–Kier alpha value is -2.41. The number of carboxylic acids is 1. The molecule has 0 aliphatic carbocycles. The molecule has 2 amide bonds. The lowest BCUT2D eigenvalue weighted by atomic mass is 9.90. The van der Waals surface area contributed by atoms with Crippen molar-refractivity contribution < 1.29 is 19.5 Å². The normalized spacial score (nSPS) is 23.1. The molecule has 2 aliphatic rings. The number of carbonyl (C=O) groups excluding carboxylic acids is 2. The summed E-state index contributed by atoms with van der Waals surface area (Å²) in [6, 6.07) is 2.61. The van der Waals surface area contributed by atoms with E-state index in [-0.39, 0.29) is 18.0 Å². The van der Waals surface area contributed by atoms with Gasteiger partial charge in [0.25, 0.3) is 5.91 Å². The van der Waals surface area contributed by atoms with E-state index in [1.807, 2.05) is 17.5 Å². The minimum Gasteiger partial charge on any atom is -0.477 e. The van der Waals surface area contributed by atoms with Crippen LogP contribution in [0.4, 0.5) is 0 Å². The second-order valence-corrected chi connectivity index (χ2v) is 5.77.